The lowest BCUT2D eigenvalue weighted by Gasteiger charge is -2.04. The van der Waals surface area contributed by atoms with Gasteiger partial charge in [0.25, 0.3) is 5.91 Å². The molecule has 0 fully saturated rings. The first kappa shape index (κ1) is 18.6. The van der Waals surface area contributed by atoms with E-state index in [4.69, 9.17) is 0 Å². The first-order valence-corrected chi connectivity index (χ1v) is 8.04. The molecule has 0 aliphatic heterocycles. The summed E-state index contributed by atoms with van der Waals surface area (Å²) < 4.78 is 2.94. The van der Waals surface area contributed by atoms with E-state index in [0.717, 1.165) is 0 Å². The molecule has 11 nitrogen and oxygen atoms in total. The molecule has 0 bridgehead atoms. The fourth-order valence-corrected chi connectivity index (χ4v) is 2.49. The minimum Gasteiger partial charge on any atom is -0.358 e. The summed E-state index contributed by atoms with van der Waals surface area (Å²) in [6.07, 6.45) is 1.54. The highest BCUT2D eigenvalue weighted by Gasteiger charge is 2.25. The van der Waals surface area contributed by atoms with Gasteiger partial charge in [0.05, 0.1) is 16.5 Å². The smallest absolute Gasteiger partial charge is 0.358 e. The number of carbonyl (C=O) groups is 2. The first-order valence-electron chi connectivity index (χ1n) is 7.25. The second kappa shape index (κ2) is 7.42. The fraction of sp³-hybridized carbons (Fsp3) is 0.385. The second-order valence-electron chi connectivity index (χ2n) is 5.01. The number of anilines is 1. The van der Waals surface area contributed by atoms with Crippen LogP contribution in [-0.2, 0) is 17.9 Å². The monoisotopic (exact) mass is 413 g/mol. The van der Waals surface area contributed by atoms with Crippen LogP contribution >= 0.6 is 15.9 Å². The van der Waals surface area contributed by atoms with E-state index in [1.54, 1.807) is 6.92 Å². The van der Waals surface area contributed by atoms with E-state index in [2.05, 4.69) is 36.8 Å². The van der Waals surface area contributed by atoms with Crippen LogP contribution in [0, 0.1) is 17.0 Å². The molecule has 0 aromatic carbocycles. The summed E-state index contributed by atoms with van der Waals surface area (Å²) in [5.74, 6) is -1.29. The van der Waals surface area contributed by atoms with Crippen molar-refractivity contribution in [3.8, 4) is 0 Å². The van der Waals surface area contributed by atoms with Crippen LogP contribution in [0.1, 0.15) is 23.1 Å². The third-order valence-corrected chi connectivity index (χ3v) is 4.31. The molecule has 0 saturated heterocycles. The first-order chi connectivity index (χ1) is 11.8. The van der Waals surface area contributed by atoms with Crippen molar-refractivity contribution < 1.29 is 14.5 Å². The van der Waals surface area contributed by atoms with Crippen molar-refractivity contribution in [3.05, 3.63) is 32.2 Å². The normalized spacial score (nSPS) is 10.6. The van der Waals surface area contributed by atoms with Crippen LogP contribution in [0.15, 0.2) is 10.7 Å². The molecule has 25 heavy (non-hydrogen) atoms. The third kappa shape index (κ3) is 3.84. The average Bonchev–Trinajstić information content (AvgIpc) is 3.10. The Kier molecular flexibility index (Phi) is 5.51. The Hall–Kier alpha value is -2.76. The topological polar surface area (TPSA) is 137 Å². The Morgan fingerprint density at radius 1 is 1.40 bits per heavy atom. The molecular formula is C13H16BrN7O4. The van der Waals surface area contributed by atoms with E-state index < -0.39 is 16.7 Å². The van der Waals surface area contributed by atoms with Crippen LogP contribution in [0.2, 0.25) is 0 Å². The molecule has 0 atom stereocenters. The van der Waals surface area contributed by atoms with Gasteiger partial charge >= 0.3 is 5.82 Å². The molecule has 2 heterocycles. The molecule has 2 amide bonds. The largest absolute Gasteiger partial charge is 0.404 e. The summed E-state index contributed by atoms with van der Waals surface area (Å²) in [5.41, 5.74) is 0.782. The quantitative estimate of drug-likeness (QED) is 0.536. The molecule has 0 aliphatic carbocycles. The molecule has 2 aromatic rings. The summed E-state index contributed by atoms with van der Waals surface area (Å²) in [6.45, 7) is 3.72. The number of hydrogen-bond donors (Lipinski definition) is 2. The summed E-state index contributed by atoms with van der Waals surface area (Å²) in [5, 5.41) is 23.8. The van der Waals surface area contributed by atoms with Gasteiger partial charge in [-0.2, -0.15) is 9.78 Å². The maximum atomic E-state index is 12.3. The van der Waals surface area contributed by atoms with Gasteiger partial charge in [0, 0.05) is 19.8 Å². The molecule has 2 rings (SSSR count). The number of nitrogens with one attached hydrogen (secondary N) is 2. The summed E-state index contributed by atoms with van der Waals surface area (Å²) >= 11 is 3.09. The van der Waals surface area contributed by atoms with Crippen LogP contribution in [0.5, 0.6) is 0 Å². The fourth-order valence-electron chi connectivity index (χ4n) is 2.07. The van der Waals surface area contributed by atoms with E-state index in [9.17, 15) is 19.7 Å². The van der Waals surface area contributed by atoms with E-state index in [1.165, 1.54) is 22.6 Å². The molecule has 134 valence electrons. The van der Waals surface area contributed by atoms with Gasteiger partial charge in [0.15, 0.2) is 5.69 Å². The van der Waals surface area contributed by atoms with Gasteiger partial charge in [0.2, 0.25) is 5.91 Å². The number of rotatable bonds is 6. The number of aryl methyl sites for hydroxylation is 1. The summed E-state index contributed by atoms with van der Waals surface area (Å²) in [4.78, 5) is 34.4. The zero-order chi connectivity index (χ0) is 18.7. The van der Waals surface area contributed by atoms with E-state index in [1.807, 2.05) is 6.92 Å². The number of carbonyl (C=O) groups excluding carboxylic acids is 2. The number of nitrogens with zero attached hydrogens (tertiary/aromatic N) is 5. The number of amides is 2. The van der Waals surface area contributed by atoms with Crippen molar-refractivity contribution in [3.63, 3.8) is 0 Å². The molecule has 12 heteroatoms. The van der Waals surface area contributed by atoms with Crippen LogP contribution in [0.3, 0.4) is 0 Å². The van der Waals surface area contributed by atoms with Crippen LogP contribution in [0.25, 0.3) is 0 Å². The zero-order valence-corrected chi connectivity index (χ0v) is 15.3. The van der Waals surface area contributed by atoms with Crippen LogP contribution < -0.4 is 10.6 Å². The lowest BCUT2D eigenvalue weighted by atomic mass is 10.3. The predicted molar refractivity (Wildman–Crippen MR) is 91.2 cm³/mol. The van der Waals surface area contributed by atoms with Crippen molar-refractivity contribution in [1.82, 2.24) is 24.9 Å². The number of aromatic nitrogens is 4. The zero-order valence-electron chi connectivity index (χ0n) is 13.7. The van der Waals surface area contributed by atoms with Crippen molar-refractivity contribution >= 4 is 39.2 Å². The lowest BCUT2D eigenvalue weighted by molar-refractivity contribution is -0.390. The lowest BCUT2D eigenvalue weighted by Crippen LogP contribution is -2.24. The van der Waals surface area contributed by atoms with Crippen molar-refractivity contribution in [2.24, 2.45) is 0 Å². The minimum atomic E-state index is -0.638. The Morgan fingerprint density at radius 2 is 2.08 bits per heavy atom. The van der Waals surface area contributed by atoms with E-state index in [0.29, 0.717) is 12.2 Å². The maximum absolute atomic E-state index is 12.3. The van der Waals surface area contributed by atoms with Gasteiger partial charge in [0.1, 0.15) is 11.0 Å². The maximum Gasteiger partial charge on any atom is 0.404 e. The molecule has 0 unspecified atom stereocenters. The third-order valence-electron chi connectivity index (χ3n) is 3.38. The minimum absolute atomic E-state index is 0.0852. The molecule has 2 aromatic heterocycles. The van der Waals surface area contributed by atoms with Crippen molar-refractivity contribution in [1.29, 1.82) is 0 Å². The molecular weight excluding hydrogens is 398 g/mol. The van der Waals surface area contributed by atoms with Gasteiger partial charge in [-0.05, 0) is 34.7 Å². The molecule has 0 spiro atoms. The Morgan fingerprint density at radius 3 is 2.60 bits per heavy atom. The van der Waals surface area contributed by atoms with Crippen LogP contribution in [0.4, 0.5) is 11.5 Å². The Balaban J connectivity index is 2.21. The van der Waals surface area contributed by atoms with Gasteiger partial charge in [-0.25, -0.2) is 0 Å². The molecule has 0 saturated carbocycles. The highest BCUT2D eigenvalue weighted by atomic mass is 79.9. The predicted octanol–water partition coefficient (Wildman–Crippen LogP) is 1.08. The van der Waals surface area contributed by atoms with Gasteiger partial charge in [-0.15, -0.1) is 0 Å². The average molecular weight is 414 g/mol. The summed E-state index contributed by atoms with van der Waals surface area (Å²) in [6, 6.07) is 0. The van der Waals surface area contributed by atoms with Gasteiger partial charge in [-0.1, -0.05) is 0 Å². The molecule has 0 aliphatic rings. The standard InChI is InChI=1S/C13H16BrN7O4/c1-4-19-5-8(11(17-19)13(23)15-3)16-9(22)6-20-7(2)10(14)12(18-20)21(24)25/h5H,4,6H2,1-3H3,(H,15,23)(H,16,22). The second-order valence-corrected chi connectivity index (χ2v) is 5.81. The number of hydrogen-bond acceptors (Lipinski definition) is 6. The van der Waals surface area contributed by atoms with E-state index in [-0.39, 0.29) is 28.2 Å². The van der Waals surface area contributed by atoms with Crippen molar-refractivity contribution in [2.45, 2.75) is 26.9 Å². The highest BCUT2D eigenvalue weighted by Crippen LogP contribution is 2.27. The van der Waals surface area contributed by atoms with Crippen molar-refractivity contribution in [2.75, 3.05) is 12.4 Å². The van der Waals surface area contributed by atoms with Gasteiger partial charge < -0.3 is 20.7 Å². The number of halogens is 1. The Bertz CT molecular complexity index is 842. The van der Waals surface area contributed by atoms with Crippen LogP contribution in [-0.4, -0.2) is 43.3 Å². The molecule has 0 radical (unpaired) electrons. The molecule has 2 N–H and O–H groups in total. The highest BCUT2D eigenvalue weighted by molar-refractivity contribution is 9.10. The Labute approximate surface area is 150 Å². The number of nitro groups is 1. The summed E-state index contributed by atoms with van der Waals surface area (Å²) in [7, 11) is 1.46. The van der Waals surface area contributed by atoms with E-state index >= 15 is 0 Å². The van der Waals surface area contributed by atoms with Gasteiger partial charge in [-0.3, -0.25) is 14.3 Å². The SMILES string of the molecule is CCn1cc(NC(=O)Cn2nc([N+](=O)[O-])c(Br)c2C)c(C(=O)NC)n1.